The number of benzene rings is 1. The number of hydrogen-bond acceptors (Lipinski definition) is 5. The first-order chi connectivity index (χ1) is 13.0. The molecule has 27 heavy (non-hydrogen) atoms. The highest BCUT2D eigenvalue weighted by Gasteiger charge is 2.13. The van der Waals surface area contributed by atoms with Crippen molar-refractivity contribution in [3.8, 4) is 5.69 Å². The zero-order chi connectivity index (χ0) is 19.4. The van der Waals surface area contributed by atoms with Gasteiger partial charge in [0.25, 0.3) is 5.91 Å². The molecule has 0 bridgehead atoms. The van der Waals surface area contributed by atoms with Gasteiger partial charge in [-0.3, -0.25) is 4.79 Å². The van der Waals surface area contributed by atoms with Gasteiger partial charge >= 0.3 is 5.97 Å². The van der Waals surface area contributed by atoms with Crippen molar-refractivity contribution in [2.75, 3.05) is 6.61 Å². The average Bonchev–Trinajstić information content (AvgIpc) is 3.29. The van der Waals surface area contributed by atoms with Gasteiger partial charge in [-0.2, -0.15) is 5.10 Å². The van der Waals surface area contributed by atoms with Gasteiger partial charge in [0.05, 0.1) is 40.5 Å². The third kappa shape index (κ3) is 4.38. The molecule has 0 aliphatic heterocycles. The summed E-state index contributed by atoms with van der Waals surface area (Å²) in [5.41, 5.74) is 2.66. The summed E-state index contributed by atoms with van der Waals surface area (Å²) in [5.74, 6) is -0.371. The number of nitrogens with one attached hydrogen (secondary N) is 1. The lowest BCUT2D eigenvalue weighted by molar-refractivity contribution is -0.124. The van der Waals surface area contributed by atoms with E-state index in [0.717, 1.165) is 17.1 Å². The van der Waals surface area contributed by atoms with Gasteiger partial charge in [0.1, 0.15) is 5.76 Å². The van der Waals surface area contributed by atoms with E-state index in [1.807, 2.05) is 13.8 Å². The number of esters is 1. The lowest BCUT2D eigenvalue weighted by atomic mass is 10.2. The number of ether oxygens (including phenoxy) is 1. The highest BCUT2D eigenvalue weighted by Crippen LogP contribution is 2.22. The Hall–Kier alpha value is -3.06. The van der Waals surface area contributed by atoms with Crippen LogP contribution in [0.15, 0.2) is 47.1 Å². The number of nitrogens with zero attached hydrogens (tertiary/aromatic N) is 2. The Kier molecular flexibility index (Phi) is 5.61. The largest absolute Gasteiger partial charge is 0.467 e. The number of carbonyl (C=O) groups is 2. The van der Waals surface area contributed by atoms with E-state index < -0.39 is 11.9 Å². The number of hydrogen-bond donors (Lipinski definition) is 1. The van der Waals surface area contributed by atoms with Gasteiger partial charge in [0.15, 0.2) is 6.61 Å². The summed E-state index contributed by atoms with van der Waals surface area (Å²) in [7, 11) is 0. The second-order valence-corrected chi connectivity index (χ2v) is 6.25. The predicted molar refractivity (Wildman–Crippen MR) is 98.9 cm³/mol. The van der Waals surface area contributed by atoms with Crippen LogP contribution in [0.1, 0.15) is 27.5 Å². The summed E-state index contributed by atoms with van der Waals surface area (Å²) < 4.78 is 11.8. The van der Waals surface area contributed by atoms with Crippen molar-refractivity contribution in [3.63, 3.8) is 0 Å². The number of carbonyl (C=O) groups excluding carboxylic acids is 2. The lowest BCUT2D eigenvalue weighted by Crippen LogP contribution is -2.28. The van der Waals surface area contributed by atoms with Crippen LogP contribution in [0, 0.1) is 13.8 Å². The number of halogens is 1. The minimum absolute atomic E-state index is 0.239. The molecular formula is C19H18ClN3O4. The second kappa shape index (κ2) is 8.09. The van der Waals surface area contributed by atoms with E-state index >= 15 is 0 Å². The minimum atomic E-state index is -0.582. The van der Waals surface area contributed by atoms with Crippen molar-refractivity contribution >= 4 is 23.5 Å². The molecule has 140 valence electrons. The number of aromatic nitrogens is 2. The molecule has 0 unspecified atom stereocenters. The Morgan fingerprint density at radius 2 is 1.96 bits per heavy atom. The van der Waals surface area contributed by atoms with E-state index in [0.29, 0.717) is 16.3 Å². The highest BCUT2D eigenvalue weighted by atomic mass is 35.5. The molecule has 2 heterocycles. The molecule has 0 spiro atoms. The van der Waals surface area contributed by atoms with Gasteiger partial charge in [-0.1, -0.05) is 11.6 Å². The normalized spacial score (nSPS) is 10.6. The molecule has 0 atom stereocenters. The molecule has 1 amide bonds. The topological polar surface area (TPSA) is 86.4 Å². The van der Waals surface area contributed by atoms with E-state index in [9.17, 15) is 9.59 Å². The molecule has 0 saturated carbocycles. The van der Waals surface area contributed by atoms with Crippen molar-refractivity contribution < 1.29 is 18.7 Å². The van der Waals surface area contributed by atoms with Crippen LogP contribution >= 0.6 is 11.6 Å². The first kappa shape index (κ1) is 18.7. The smallest absolute Gasteiger partial charge is 0.338 e. The highest BCUT2D eigenvalue weighted by molar-refractivity contribution is 6.31. The lowest BCUT2D eigenvalue weighted by Gasteiger charge is -2.07. The zero-order valence-electron chi connectivity index (χ0n) is 14.9. The SMILES string of the molecule is Cc1nn(-c2ccc(C(=O)OCC(=O)NCc3ccco3)cc2)c(C)c1Cl. The summed E-state index contributed by atoms with van der Waals surface area (Å²) in [6, 6.07) is 10.2. The Balaban J connectivity index is 1.55. The first-order valence-corrected chi connectivity index (χ1v) is 8.62. The number of aryl methyl sites for hydroxylation is 1. The van der Waals surface area contributed by atoms with Crippen LogP contribution in [0.2, 0.25) is 5.02 Å². The summed E-state index contributed by atoms with van der Waals surface area (Å²) in [6.07, 6.45) is 1.52. The molecular weight excluding hydrogens is 370 g/mol. The maximum atomic E-state index is 12.1. The van der Waals surface area contributed by atoms with Crippen LogP contribution in [0.25, 0.3) is 5.69 Å². The number of rotatable bonds is 6. The Morgan fingerprint density at radius 1 is 1.22 bits per heavy atom. The fourth-order valence-electron chi connectivity index (χ4n) is 2.48. The maximum absolute atomic E-state index is 12.1. The van der Waals surface area contributed by atoms with Crippen LogP contribution in [0.4, 0.5) is 0 Å². The fourth-order valence-corrected chi connectivity index (χ4v) is 2.60. The monoisotopic (exact) mass is 387 g/mol. The molecule has 8 heteroatoms. The summed E-state index contributed by atoms with van der Waals surface area (Å²) in [4.78, 5) is 23.8. The third-order valence-corrected chi connectivity index (χ3v) is 4.47. The van der Waals surface area contributed by atoms with Crippen LogP contribution in [0.5, 0.6) is 0 Å². The molecule has 3 rings (SSSR count). The second-order valence-electron chi connectivity index (χ2n) is 5.88. The van der Waals surface area contributed by atoms with Crippen molar-refractivity contribution in [1.29, 1.82) is 0 Å². The fraction of sp³-hybridized carbons (Fsp3) is 0.211. The summed E-state index contributed by atoms with van der Waals surface area (Å²) >= 11 is 6.16. The van der Waals surface area contributed by atoms with Gasteiger partial charge in [-0.15, -0.1) is 0 Å². The zero-order valence-corrected chi connectivity index (χ0v) is 15.6. The third-order valence-electron chi connectivity index (χ3n) is 3.92. The van der Waals surface area contributed by atoms with Crippen LogP contribution in [-0.4, -0.2) is 28.3 Å². The van der Waals surface area contributed by atoms with Crippen molar-refractivity contribution in [2.45, 2.75) is 20.4 Å². The van der Waals surface area contributed by atoms with Gasteiger partial charge in [0.2, 0.25) is 0 Å². The molecule has 0 fully saturated rings. The van der Waals surface area contributed by atoms with Crippen LogP contribution in [-0.2, 0) is 16.1 Å². The molecule has 0 saturated heterocycles. The molecule has 3 aromatic rings. The average molecular weight is 388 g/mol. The van der Waals surface area contributed by atoms with Crippen molar-refractivity contribution in [1.82, 2.24) is 15.1 Å². The summed E-state index contributed by atoms with van der Waals surface area (Å²) in [5, 5.41) is 7.58. The van der Waals surface area contributed by atoms with E-state index in [-0.39, 0.29) is 13.2 Å². The van der Waals surface area contributed by atoms with Gasteiger partial charge in [0, 0.05) is 0 Å². The van der Waals surface area contributed by atoms with Crippen LogP contribution < -0.4 is 5.32 Å². The van der Waals surface area contributed by atoms with E-state index in [1.165, 1.54) is 6.26 Å². The number of amides is 1. The standard InChI is InChI=1S/C19H18ClN3O4/c1-12-18(20)13(2)23(22-12)15-7-5-14(6-8-15)19(25)27-11-17(24)21-10-16-4-3-9-26-16/h3-9H,10-11H2,1-2H3,(H,21,24). The van der Waals surface area contributed by atoms with Crippen molar-refractivity contribution in [3.05, 3.63) is 70.4 Å². The van der Waals surface area contributed by atoms with E-state index in [1.54, 1.807) is 41.1 Å². The molecule has 0 aliphatic carbocycles. The Labute approximate surface area is 160 Å². The quantitative estimate of drug-likeness (QED) is 0.656. The Morgan fingerprint density at radius 3 is 2.56 bits per heavy atom. The molecule has 1 aromatic carbocycles. The molecule has 0 radical (unpaired) electrons. The van der Waals surface area contributed by atoms with E-state index in [4.69, 9.17) is 20.8 Å². The van der Waals surface area contributed by atoms with E-state index in [2.05, 4.69) is 10.4 Å². The first-order valence-electron chi connectivity index (χ1n) is 8.24. The molecule has 1 N–H and O–H groups in total. The van der Waals surface area contributed by atoms with Crippen LogP contribution in [0.3, 0.4) is 0 Å². The van der Waals surface area contributed by atoms with Crippen molar-refractivity contribution in [2.24, 2.45) is 0 Å². The van der Waals surface area contributed by atoms with Gasteiger partial charge in [-0.05, 0) is 50.2 Å². The predicted octanol–water partition coefficient (Wildman–Crippen LogP) is 3.21. The molecule has 0 aliphatic rings. The maximum Gasteiger partial charge on any atom is 0.338 e. The summed E-state index contributed by atoms with van der Waals surface area (Å²) in [6.45, 7) is 3.57. The minimum Gasteiger partial charge on any atom is -0.467 e. The molecule has 7 nitrogen and oxygen atoms in total. The molecule has 2 aromatic heterocycles. The van der Waals surface area contributed by atoms with Gasteiger partial charge in [-0.25, -0.2) is 9.48 Å². The Bertz CT molecular complexity index is 946. The number of furan rings is 1. The van der Waals surface area contributed by atoms with Gasteiger partial charge < -0.3 is 14.5 Å².